The minimum Gasteiger partial charge on any atom is -0.383 e. The summed E-state index contributed by atoms with van der Waals surface area (Å²) in [6, 6.07) is 10.1. The number of carbonyl (C=O) groups is 1. The number of methoxy groups -OCH3 is 1. The Labute approximate surface area is 147 Å². The van der Waals surface area contributed by atoms with Gasteiger partial charge < -0.3 is 15.0 Å². The number of ether oxygens (including phenoxy) is 1. The molecule has 0 saturated carbocycles. The highest BCUT2D eigenvalue weighted by molar-refractivity contribution is 6.09. The largest absolute Gasteiger partial charge is 0.383 e. The number of aromatic amines is 1. The number of benzene rings is 1. The molecule has 0 fully saturated rings. The average Bonchev–Trinajstić information content (AvgIpc) is 3.07. The summed E-state index contributed by atoms with van der Waals surface area (Å²) in [7, 11) is 1.63. The van der Waals surface area contributed by atoms with E-state index in [-0.39, 0.29) is 5.91 Å². The Bertz CT molecular complexity index is 856. The van der Waals surface area contributed by atoms with E-state index in [2.05, 4.69) is 34.3 Å². The van der Waals surface area contributed by atoms with Gasteiger partial charge in [0.05, 0.1) is 12.2 Å². The summed E-state index contributed by atoms with van der Waals surface area (Å²) in [4.78, 5) is 20.3. The first-order valence-corrected chi connectivity index (χ1v) is 8.56. The number of carbonyl (C=O) groups excluding carboxylic acids is 1. The number of pyridine rings is 1. The fourth-order valence-electron chi connectivity index (χ4n) is 3.04. The number of nitrogens with one attached hydrogen (secondary N) is 2. The second-order valence-corrected chi connectivity index (χ2v) is 5.98. The van der Waals surface area contributed by atoms with Gasteiger partial charge in [0.15, 0.2) is 0 Å². The van der Waals surface area contributed by atoms with E-state index in [0.29, 0.717) is 13.2 Å². The summed E-state index contributed by atoms with van der Waals surface area (Å²) in [5.74, 6) is -0.0496. The lowest BCUT2D eigenvalue weighted by Gasteiger charge is -2.11. The van der Waals surface area contributed by atoms with Crippen LogP contribution in [0.3, 0.4) is 0 Å². The van der Waals surface area contributed by atoms with E-state index in [1.54, 1.807) is 19.5 Å². The Morgan fingerprint density at radius 3 is 2.76 bits per heavy atom. The van der Waals surface area contributed by atoms with Gasteiger partial charge in [-0.2, -0.15) is 0 Å². The van der Waals surface area contributed by atoms with Crippen LogP contribution in [0.15, 0.2) is 42.7 Å². The second-order valence-electron chi connectivity index (χ2n) is 5.98. The topological polar surface area (TPSA) is 67.0 Å². The van der Waals surface area contributed by atoms with Crippen LogP contribution in [0, 0.1) is 0 Å². The van der Waals surface area contributed by atoms with E-state index < -0.39 is 0 Å². The highest BCUT2D eigenvalue weighted by Gasteiger charge is 2.17. The predicted octanol–water partition coefficient (Wildman–Crippen LogP) is 3.56. The molecule has 5 nitrogen and oxygen atoms in total. The lowest BCUT2D eigenvalue weighted by Crippen LogP contribution is -2.28. The number of nitrogens with zero attached hydrogens (tertiary/aromatic N) is 1. The molecule has 0 aliphatic carbocycles. The van der Waals surface area contributed by atoms with Gasteiger partial charge in [0, 0.05) is 48.2 Å². The number of aromatic nitrogens is 2. The molecule has 3 aromatic rings. The Morgan fingerprint density at radius 2 is 2.04 bits per heavy atom. The van der Waals surface area contributed by atoms with Crippen LogP contribution in [0.25, 0.3) is 22.2 Å². The Hall–Kier alpha value is -2.66. The van der Waals surface area contributed by atoms with Crippen molar-refractivity contribution in [3.63, 3.8) is 0 Å². The molecule has 130 valence electrons. The molecule has 0 unspecified atom stereocenters. The predicted molar refractivity (Wildman–Crippen MR) is 99.7 cm³/mol. The molecule has 0 saturated heterocycles. The monoisotopic (exact) mass is 337 g/mol. The molecule has 2 aromatic heterocycles. The molecular formula is C20H23N3O2. The van der Waals surface area contributed by atoms with E-state index >= 15 is 0 Å². The standard InChI is InChI=1S/C20H23N3O2/c1-3-4-15-5-6-17-16(19(15)20(24)22-11-12-25-2)13-18(23-17)14-7-9-21-10-8-14/h5-10,13,23H,3-4,11-12H2,1-2H3,(H,22,24). The summed E-state index contributed by atoms with van der Waals surface area (Å²) < 4.78 is 5.03. The first-order valence-electron chi connectivity index (χ1n) is 8.56. The van der Waals surface area contributed by atoms with E-state index in [0.717, 1.165) is 46.1 Å². The Kier molecular flexibility index (Phi) is 5.46. The van der Waals surface area contributed by atoms with Gasteiger partial charge in [0.2, 0.25) is 0 Å². The maximum atomic E-state index is 12.8. The van der Waals surface area contributed by atoms with Crippen molar-refractivity contribution in [2.24, 2.45) is 0 Å². The van der Waals surface area contributed by atoms with Gasteiger partial charge in [-0.3, -0.25) is 9.78 Å². The van der Waals surface area contributed by atoms with Gasteiger partial charge in [-0.1, -0.05) is 19.4 Å². The van der Waals surface area contributed by atoms with Crippen LogP contribution in [0.2, 0.25) is 0 Å². The lowest BCUT2D eigenvalue weighted by molar-refractivity contribution is 0.0938. The molecule has 3 rings (SSSR count). The number of amides is 1. The van der Waals surface area contributed by atoms with Gasteiger partial charge in [-0.15, -0.1) is 0 Å². The third-order valence-corrected chi connectivity index (χ3v) is 4.22. The number of aryl methyl sites for hydroxylation is 1. The molecule has 2 heterocycles. The summed E-state index contributed by atoms with van der Waals surface area (Å²) in [6.07, 6.45) is 5.40. The van der Waals surface area contributed by atoms with Crippen LogP contribution in [0.4, 0.5) is 0 Å². The van der Waals surface area contributed by atoms with Crippen molar-refractivity contribution in [3.8, 4) is 11.3 Å². The minimum atomic E-state index is -0.0496. The number of H-pyrrole nitrogens is 1. The zero-order chi connectivity index (χ0) is 17.6. The highest BCUT2D eigenvalue weighted by Crippen LogP contribution is 2.29. The summed E-state index contributed by atoms with van der Waals surface area (Å²) in [6.45, 7) is 3.12. The first kappa shape index (κ1) is 17.2. The average molecular weight is 337 g/mol. The first-order chi connectivity index (χ1) is 12.2. The minimum absolute atomic E-state index is 0.0496. The molecule has 1 aromatic carbocycles. The smallest absolute Gasteiger partial charge is 0.252 e. The van der Waals surface area contributed by atoms with Crippen LogP contribution in [-0.2, 0) is 11.2 Å². The van der Waals surface area contributed by atoms with Gasteiger partial charge in [0.1, 0.15) is 0 Å². The molecule has 0 radical (unpaired) electrons. The van der Waals surface area contributed by atoms with Crippen molar-refractivity contribution in [2.75, 3.05) is 20.3 Å². The highest BCUT2D eigenvalue weighted by atomic mass is 16.5. The fraction of sp³-hybridized carbons (Fsp3) is 0.300. The molecule has 0 atom stereocenters. The molecule has 0 aliphatic heterocycles. The van der Waals surface area contributed by atoms with Crippen molar-refractivity contribution >= 4 is 16.8 Å². The van der Waals surface area contributed by atoms with Gasteiger partial charge in [-0.25, -0.2) is 0 Å². The number of fused-ring (bicyclic) bond motifs is 1. The zero-order valence-corrected chi connectivity index (χ0v) is 14.6. The number of hydrogen-bond donors (Lipinski definition) is 2. The quantitative estimate of drug-likeness (QED) is 0.648. The molecule has 0 bridgehead atoms. The van der Waals surface area contributed by atoms with Crippen molar-refractivity contribution in [1.82, 2.24) is 15.3 Å². The van der Waals surface area contributed by atoms with Crippen LogP contribution >= 0.6 is 0 Å². The molecule has 0 spiro atoms. The normalized spacial score (nSPS) is 11.0. The van der Waals surface area contributed by atoms with E-state index in [1.807, 2.05) is 18.2 Å². The SMILES string of the molecule is CCCc1ccc2[nH]c(-c3ccncc3)cc2c1C(=O)NCCOC. The van der Waals surface area contributed by atoms with E-state index in [1.165, 1.54) is 0 Å². The fourth-order valence-corrected chi connectivity index (χ4v) is 3.04. The third kappa shape index (κ3) is 3.72. The van der Waals surface area contributed by atoms with Crippen LogP contribution in [0.1, 0.15) is 29.3 Å². The van der Waals surface area contributed by atoms with E-state index in [9.17, 15) is 4.79 Å². The second kappa shape index (κ2) is 7.94. The number of hydrogen-bond acceptors (Lipinski definition) is 3. The molecule has 2 N–H and O–H groups in total. The lowest BCUT2D eigenvalue weighted by atomic mass is 9.98. The third-order valence-electron chi connectivity index (χ3n) is 4.22. The van der Waals surface area contributed by atoms with Gasteiger partial charge >= 0.3 is 0 Å². The maximum absolute atomic E-state index is 12.8. The molecule has 5 heteroatoms. The van der Waals surface area contributed by atoms with Gasteiger partial charge in [-0.05, 0) is 36.2 Å². The summed E-state index contributed by atoms with van der Waals surface area (Å²) in [5, 5.41) is 3.90. The molecule has 1 amide bonds. The maximum Gasteiger partial charge on any atom is 0.252 e. The van der Waals surface area contributed by atoms with Crippen LogP contribution in [0.5, 0.6) is 0 Å². The van der Waals surface area contributed by atoms with E-state index in [4.69, 9.17) is 4.74 Å². The molecule has 25 heavy (non-hydrogen) atoms. The van der Waals surface area contributed by atoms with Crippen LogP contribution in [-0.4, -0.2) is 36.1 Å². The summed E-state index contributed by atoms with van der Waals surface area (Å²) in [5.41, 5.74) is 4.83. The Balaban J connectivity index is 2.05. The summed E-state index contributed by atoms with van der Waals surface area (Å²) >= 11 is 0. The van der Waals surface area contributed by atoms with Crippen molar-refractivity contribution in [1.29, 1.82) is 0 Å². The molecular weight excluding hydrogens is 314 g/mol. The van der Waals surface area contributed by atoms with Gasteiger partial charge in [0.25, 0.3) is 5.91 Å². The van der Waals surface area contributed by atoms with Crippen molar-refractivity contribution < 1.29 is 9.53 Å². The Morgan fingerprint density at radius 1 is 1.24 bits per heavy atom. The zero-order valence-electron chi connectivity index (χ0n) is 14.6. The van der Waals surface area contributed by atoms with Crippen LogP contribution < -0.4 is 5.32 Å². The molecule has 0 aliphatic rings. The van der Waals surface area contributed by atoms with Crippen molar-refractivity contribution in [3.05, 3.63) is 53.9 Å². The number of rotatable bonds is 7. The van der Waals surface area contributed by atoms with Crippen molar-refractivity contribution in [2.45, 2.75) is 19.8 Å².